The van der Waals surface area contributed by atoms with Gasteiger partial charge in [0, 0.05) is 44.2 Å². The number of rotatable bonds is 9. The van der Waals surface area contributed by atoms with E-state index < -0.39 is 11.7 Å². The van der Waals surface area contributed by atoms with E-state index in [1.54, 1.807) is 0 Å². The Morgan fingerprint density at radius 3 is 0.947 bits per heavy atom. The molecule has 0 spiro atoms. The summed E-state index contributed by atoms with van der Waals surface area (Å²) in [6.07, 6.45) is -4.80. The normalized spacial score (nSPS) is 11.7. The third-order valence-corrected chi connectivity index (χ3v) is 13.7. The van der Waals surface area contributed by atoms with E-state index in [-0.39, 0.29) is 22.8 Å². The lowest BCUT2D eigenvalue weighted by Gasteiger charge is -2.21. The van der Waals surface area contributed by atoms with Crippen molar-refractivity contribution < 1.29 is 13.2 Å². The molecule has 75 heavy (non-hydrogen) atoms. The molecular formula is C67H48F3N5. The first-order chi connectivity index (χ1) is 36.4. The van der Waals surface area contributed by atoms with Gasteiger partial charge in [0.15, 0.2) is 11.6 Å². The van der Waals surface area contributed by atoms with Crippen molar-refractivity contribution in [2.45, 2.75) is 33.9 Å². The highest BCUT2D eigenvalue weighted by atomic mass is 19.4. The second-order valence-electron chi connectivity index (χ2n) is 19.4. The van der Waals surface area contributed by atoms with Gasteiger partial charge in [-0.1, -0.05) is 192 Å². The number of nitrogens with zero attached hydrogens (tertiary/aromatic N) is 5. The van der Waals surface area contributed by atoms with Crippen LogP contribution in [0.5, 0.6) is 0 Å². The first-order valence-electron chi connectivity index (χ1n) is 24.9. The number of benzene rings is 9. The second kappa shape index (κ2) is 19.0. The molecule has 5 nitrogen and oxygen atoms in total. The third-order valence-electron chi connectivity index (χ3n) is 13.7. The van der Waals surface area contributed by atoms with Gasteiger partial charge < -0.3 is 4.57 Å². The summed E-state index contributed by atoms with van der Waals surface area (Å²) < 4.78 is 50.0. The molecule has 0 aliphatic heterocycles. The SMILES string of the molecule is Cc1cc(C)cc(-c2ccc3c(c2)c2cc(-c4cc(C)cc(C)c4)ccc2n3-c2c(-c3nc(-c4ccccc4)cc(-c4ccccc4)n3)cc(C(F)(F)F)cc2-c2nc(-c3ccccc3)cc(-c3ccccc3)n2)c1. The summed E-state index contributed by atoms with van der Waals surface area (Å²) in [5.74, 6) is 0.211. The Labute approximate surface area is 433 Å². The van der Waals surface area contributed by atoms with Gasteiger partial charge in [-0.25, -0.2) is 19.9 Å². The van der Waals surface area contributed by atoms with Crippen LogP contribution in [0, 0.1) is 27.7 Å². The molecule has 0 aliphatic carbocycles. The van der Waals surface area contributed by atoms with Crippen molar-refractivity contribution in [3.8, 4) is 95.7 Å². The van der Waals surface area contributed by atoms with Gasteiger partial charge in [0.2, 0.25) is 0 Å². The Morgan fingerprint density at radius 1 is 0.320 bits per heavy atom. The summed E-state index contributed by atoms with van der Waals surface area (Å²) >= 11 is 0. The summed E-state index contributed by atoms with van der Waals surface area (Å²) in [4.78, 5) is 20.9. The number of hydrogen-bond acceptors (Lipinski definition) is 4. The van der Waals surface area contributed by atoms with Gasteiger partial charge >= 0.3 is 6.18 Å². The molecular weight excluding hydrogens is 932 g/mol. The fraction of sp³-hybridized carbons (Fsp3) is 0.0746. The summed E-state index contributed by atoms with van der Waals surface area (Å²) in [6.45, 7) is 8.39. The summed E-state index contributed by atoms with van der Waals surface area (Å²) in [7, 11) is 0. The lowest BCUT2D eigenvalue weighted by Crippen LogP contribution is -2.11. The Hall–Kier alpha value is -9.27. The number of hydrogen-bond donors (Lipinski definition) is 0. The number of aryl methyl sites for hydroxylation is 4. The quantitative estimate of drug-likeness (QED) is 0.145. The lowest BCUT2D eigenvalue weighted by molar-refractivity contribution is -0.137. The molecule has 362 valence electrons. The lowest BCUT2D eigenvalue weighted by atomic mass is 9.97. The first-order valence-corrected chi connectivity index (χ1v) is 24.9. The van der Waals surface area contributed by atoms with Crippen LogP contribution in [0.1, 0.15) is 27.8 Å². The molecule has 0 saturated carbocycles. The highest BCUT2D eigenvalue weighted by molar-refractivity contribution is 6.13. The maximum absolute atomic E-state index is 16.0. The first kappa shape index (κ1) is 46.8. The van der Waals surface area contributed by atoms with Crippen molar-refractivity contribution in [1.29, 1.82) is 0 Å². The monoisotopic (exact) mass is 979 g/mol. The van der Waals surface area contributed by atoms with Gasteiger partial charge in [0.1, 0.15) is 0 Å². The smallest absolute Gasteiger partial charge is 0.308 e. The minimum absolute atomic E-state index is 0.105. The molecule has 0 unspecified atom stereocenters. The maximum Gasteiger partial charge on any atom is 0.416 e. The van der Waals surface area contributed by atoms with E-state index in [0.29, 0.717) is 28.5 Å². The van der Waals surface area contributed by atoms with E-state index in [1.807, 2.05) is 133 Å². The second-order valence-corrected chi connectivity index (χ2v) is 19.4. The fourth-order valence-corrected chi connectivity index (χ4v) is 10.4. The van der Waals surface area contributed by atoms with Crippen LogP contribution in [0.15, 0.2) is 218 Å². The van der Waals surface area contributed by atoms with E-state index in [0.717, 1.165) is 88.6 Å². The molecule has 0 N–H and O–H groups in total. The Bertz CT molecular complexity index is 3720. The maximum atomic E-state index is 16.0. The summed E-state index contributed by atoms with van der Waals surface area (Å²) in [5.41, 5.74) is 15.4. The van der Waals surface area contributed by atoms with Crippen molar-refractivity contribution >= 4 is 21.8 Å². The van der Waals surface area contributed by atoms with Crippen LogP contribution < -0.4 is 0 Å². The van der Waals surface area contributed by atoms with Crippen molar-refractivity contribution in [1.82, 2.24) is 24.5 Å². The summed E-state index contributed by atoms with van der Waals surface area (Å²) in [5, 5.41) is 1.83. The molecule has 0 fully saturated rings. The average molecular weight is 980 g/mol. The topological polar surface area (TPSA) is 56.5 Å². The standard InChI is InChI=1S/C67H48F3N5/c1-41-29-42(2)32-51(31-41)49-25-27-62-54(35-49)55-36-50(52-33-43(3)30-44(4)34-52)26-28-63(55)75(62)64-56(65-71-58(45-17-9-5-10-18-45)39-59(72-65)46-19-11-6-12-20-46)37-53(67(68,69)70)38-57(64)66-73-60(47-21-13-7-14-22-47)40-61(74-66)48-23-15-8-16-24-48/h5-40H,1-4H3. The van der Waals surface area contributed by atoms with Gasteiger partial charge in [-0.05, 0) is 98.5 Å². The third kappa shape index (κ3) is 9.16. The molecule has 9 aromatic carbocycles. The molecule has 3 aromatic heterocycles. The van der Waals surface area contributed by atoms with Crippen LogP contribution in [-0.4, -0.2) is 24.5 Å². The molecule has 0 radical (unpaired) electrons. The van der Waals surface area contributed by atoms with Crippen LogP contribution in [0.2, 0.25) is 0 Å². The number of alkyl halides is 3. The van der Waals surface area contributed by atoms with E-state index in [2.05, 4.69) is 105 Å². The van der Waals surface area contributed by atoms with Crippen molar-refractivity contribution in [3.05, 3.63) is 246 Å². The Kier molecular flexibility index (Phi) is 11.8. The zero-order chi connectivity index (χ0) is 51.4. The predicted molar refractivity (Wildman–Crippen MR) is 299 cm³/mol. The highest BCUT2D eigenvalue weighted by Crippen LogP contribution is 2.46. The van der Waals surface area contributed by atoms with Crippen molar-refractivity contribution in [2.75, 3.05) is 0 Å². The number of aromatic nitrogens is 5. The number of halogens is 3. The highest BCUT2D eigenvalue weighted by Gasteiger charge is 2.35. The number of fused-ring (bicyclic) bond motifs is 3. The van der Waals surface area contributed by atoms with E-state index >= 15 is 13.2 Å². The molecule has 12 aromatic rings. The van der Waals surface area contributed by atoms with Gasteiger partial charge in [-0.15, -0.1) is 0 Å². The van der Waals surface area contributed by atoms with Crippen LogP contribution in [0.3, 0.4) is 0 Å². The minimum atomic E-state index is -4.80. The van der Waals surface area contributed by atoms with Gasteiger partial charge in [-0.2, -0.15) is 13.2 Å². The van der Waals surface area contributed by atoms with Gasteiger partial charge in [-0.3, -0.25) is 0 Å². The van der Waals surface area contributed by atoms with Crippen LogP contribution in [0.25, 0.3) is 118 Å². The van der Waals surface area contributed by atoms with E-state index in [1.165, 1.54) is 12.1 Å². The van der Waals surface area contributed by atoms with Crippen molar-refractivity contribution in [3.63, 3.8) is 0 Å². The van der Waals surface area contributed by atoms with E-state index in [4.69, 9.17) is 19.9 Å². The van der Waals surface area contributed by atoms with Crippen LogP contribution in [0.4, 0.5) is 13.2 Å². The van der Waals surface area contributed by atoms with E-state index in [9.17, 15) is 0 Å². The minimum Gasteiger partial charge on any atom is -0.308 e. The van der Waals surface area contributed by atoms with Gasteiger partial charge in [0.05, 0.1) is 45.1 Å². The molecule has 0 atom stereocenters. The van der Waals surface area contributed by atoms with Crippen molar-refractivity contribution in [2.24, 2.45) is 0 Å². The molecule has 0 aliphatic rings. The summed E-state index contributed by atoms with van der Waals surface area (Å²) in [6, 6.07) is 70.6. The predicted octanol–water partition coefficient (Wildman–Crippen LogP) is 18.0. The largest absolute Gasteiger partial charge is 0.416 e. The molecule has 0 amide bonds. The molecule has 0 saturated heterocycles. The molecule has 0 bridgehead atoms. The van der Waals surface area contributed by atoms with Crippen LogP contribution in [-0.2, 0) is 6.18 Å². The zero-order valence-corrected chi connectivity index (χ0v) is 41.7. The average Bonchev–Trinajstić information content (AvgIpc) is 3.75. The van der Waals surface area contributed by atoms with Crippen LogP contribution >= 0.6 is 0 Å². The Morgan fingerprint density at radius 2 is 0.640 bits per heavy atom. The molecule has 8 heteroatoms. The molecule has 3 heterocycles. The molecule has 12 rings (SSSR count). The van der Waals surface area contributed by atoms with Gasteiger partial charge in [0.25, 0.3) is 0 Å². The fourth-order valence-electron chi connectivity index (χ4n) is 10.4. The Balaban J connectivity index is 1.25. The zero-order valence-electron chi connectivity index (χ0n) is 41.7.